The Morgan fingerprint density at radius 3 is 2.44 bits per heavy atom. The van der Waals surface area contributed by atoms with Crippen LogP contribution >= 0.6 is 0 Å². The summed E-state index contributed by atoms with van der Waals surface area (Å²) in [6.45, 7) is 2.85. The van der Waals surface area contributed by atoms with Crippen LogP contribution in [0.15, 0.2) is 66.7 Å². The predicted molar refractivity (Wildman–Crippen MR) is 155 cm³/mol. The van der Waals surface area contributed by atoms with Crippen molar-refractivity contribution in [3.05, 3.63) is 100 Å². The van der Waals surface area contributed by atoms with Gasteiger partial charge in [-0.1, -0.05) is 18.2 Å². The van der Waals surface area contributed by atoms with Crippen molar-refractivity contribution >= 4 is 28.5 Å². The minimum atomic E-state index is -4.36. The van der Waals surface area contributed by atoms with E-state index < -0.39 is 17.6 Å². The van der Waals surface area contributed by atoms with E-state index in [-0.39, 0.29) is 18.0 Å². The Kier molecular flexibility index (Phi) is 7.83. The molecule has 4 aromatic rings. The van der Waals surface area contributed by atoms with Gasteiger partial charge >= 0.3 is 12.2 Å². The molecule has 0 aliphatic carbocycles. The molecule has 0 atom stereocenters. The van der Waals surface area contributed by atoms with Gasteiger partial charge in [0, 0.05) is 73.0 Å². The van der Waals surface area contributed by atoms with Gasteiger partial charge in [0.25, 0.3) is 5.91 Å². The molecule has 0 unspecified atom stereocenters. The summed E-state index contributed by atoms with van der Waals surface area (Å²) < 4.78 is 52.2. The summed E-state index contributed by atoms with van der Waals surface area (Å²) in [6, 6.07) is 16.2. The number of piperidine rings is 1. The summed E-state index contributed by atoms with van der Waals surface area (Å²) in [5, 5.41) is 6.77. The Hall–Kier alpha value is -4.38. The number of H-pyrrole nitrogens is 1. The zero-order chi connectivity index (χ0) is 30.1. The summed E-state index contributed by atoms with van der Waals surface area (Å²) in [6.07, 6.45) is -2.38. The first kappa shape index (κ1) is 28.7. The highest BCUT2D eigenvalue weighted by molar-refractivity contribution is 5.99. The van der Waals surface area contributed by atoms with Crippen molar-refractivity contribution in [1.29, 1.82) is 0 Å². The average molecular weight is 594 g/mol. The number of anilines is 1. The third-order valence-corrected chi connectivity index (χ3v) is 8.20. The van der Waals surface area contributed by atoms with Crippen molar-refractivity contribution in [2.75, 3.05) is 25.0 Å². The van der Waals surface area contributed by atoms with Gasteiger partial charge in [-0.25, -0.2) is 9.18 Å². The smallest absolute Gasteiger partial charge is 0.358 e. The Balaban J connectivity index is 1.06. The number of nitrogens with one attached hydrogen (secondary N) is 3. The number of likely N-dealkylation sites (tertiary alicyclic amines) is 1. The Bertz CT molecular complexity index is 1640. The zero-order valence-corrected chi connectivity index (χ0v) is 23.3. The number of aromatic amines is 1. The number of amides is 3. The maximum absolute atomic E-state index is 13.4. The van der Waals surface area contributed by atoms with E-state index >= 15 is 0 Å². The molecule has 0 saturated carbocycles. The molecule has 6 rings (SSSR count). The second-order valence-electron chi connectivity index (χ2n) is 11.2. The molecule has 2 aliphatic rings. The lowest BCUT2D eigenvalue weighted by Crippen LogP contribution is -2.47. The highest BCUT2D eigenvalue weighted by Gasteiger charge is 2.30. The average Bonchev–Trinajstić information content (AvgIpc) is 3.34. The van der Waals surface area contributed by atoms with Gasteiger partial charge in [0.1, 0.15) is 5.82 Å². The van der Waals surface area contributed by atoms with Gasteiger partial charge in [0.05, 0.1) is 5.56 Å². The number of aromatic nitrogens is 1. The molecular formula is C32H31F4N5O2. The van der Waals surface area contributed by atoms with E-state index in [9.17, 15) is 27.2 Å². The third-order valence-electron chi connectivity index (χ3n) is 8.20. The zero-order valence-electron chi connectivity index (χ0n) is 23.3. The summed E-state index contributed by atoms with van der Waals surface area (Å²) in [5.41, 5.74) is 4.24. The Morgan fingerprint density at radius 2 is 1.72 bits per heavy atom. The summed E-state index contributed by atoms with van der Waals surface area (Å²) >= 11 is 0. The largest absolute Gasteiger partial charge is 0.416 e. The lowest BCUT2D eigenvalue weighted by Gasteiger charge is -2.32. The predicted octanol–water partition coefficient (Wildman–Crippen LogP) is 6.31. The highest BCUT2D eigenvalue weighted by atomic mass is 19.4. The molecule has 0 spiro atoms. The fourth-order valence-corrected chi connectivity index (χ4v) is 5.87. The van der Waals surface area contributed by atoms with Crippen LogP contribution in [0.1, 0.15) is 45.6 Å². The van der Waals surface area contributed by atoms with E-state index in [1.165, 1.54) is 30.3 Å². The number of fused-ring (bicyclic) bond motifs is 3. The van der Waals surface area contributed by atoms with Crippen LogP contribution in [0, 0.1) is 5.82 Å². The molecular weight excluding hydrogens is 562 g/mol. The number of carbonyl (C=O) groups is 2. The molecule has 1 saturated heterocycles. The van der Waals surface area contributed by atoms with Gasteiger partial charge < -0.3 is 20.5 Å². The number of rotatable bonds is 5. The molecule has 224 valence electrons. The van der Waals surface area contributed by atoms with E-state index in [0.717, 1.165) is 52.8 Å². The third kappa shape index (κ3) is 6.51. The molecule has 3 aromatic carbocycles. The minimum Gasteiger partial charge on any atom is -0.358 e. The maximum Gasteiger partial charge on any atom is 0.416 e. The number of alkyl halides is 3. The fourth-order valence-electron chi connectivity index (χ4n) is 5.87. The van der Waals surface area contributed by atoms with Crippen LogP contribution in [-0.4, -0.2) is 52.4 Å². The van der Waals surface area contributed by atoms with Crippen molar-refractivity contribution in [3.8, 4) is 0 Å². The second-order valence-corrected chi connectivity index (χ2v) is 11.2. The topological polar surface area (TPSA) is 80.5 Å². The monoisotopic (exact) mass is 593 g/mol. The SMILES string of the molecule is O=C(NC1CCN(C(=O)Nc2cccc(F)c2)CC1)c1ccc2[nH]c3c(c2c1)CN(Cc1ccc(C(F)(F)F)cc1)CC3. The van der Waals surface area contributed by atoms with Crippen LogP contribution in [0.4, 0.5) is 28.0 Å². The van der Waals surface area contributed by atoms with Crippen LogP contribution in [-0.2, 0) is 25.7 Å². The number of hydrogen-bond donors (Lipinski definition) is 3. The van der Waals surface area contributed by atoms with Gasteiger partial charge in [-0.05, 0) is 72.5 Å². The Morgan fingerprint density at radius 1 is 0.953 bits per heavy atom. The van der Waals surface area contributed by atoms with Crippen molar-refractivity contribution < 1.29 is 27.2 Å². The fraction of sp³-hybridized carbons (Fsp3) is 0.312. The van der Waals surface area contributed by atoms with Crippen molar-refractivity contribution in [2.24, 2.45) is 0 Å². The van der Waals surface area contributed by atoms with Crippen LogP contribution in [0.25, 0.3) is 10.9 Å². The molecule has 0 bridgehead atoms. The van der Waals surface area contributed by atoms with E-state index in [1.54, 1.807) is 17.0 Å². The van der Waals surface area contributed by atoms with E-state index in [4.69, 9.17) is 0 Å². The lowest BCUT2D eigenvalue weighted by atomic mass is 10.0. The number of benzene rings is 3. The molecule has 3 N–H and O–H groups in total. The van der Waals surface area contributed by atoms with Gasteiger partial charge in [-0.2, -0.15) is 13.2 Å². The van der Waals surface area contributed by atoms with Gasteiger partial charge in [-0.15, -0.1) is 0 Å². The molecule has 1 aromatic heterocycles. The first-order chi connectivity index (χ1) is 20.6. The first-order valence-corrected chi connectivity index (χ1v) is 14.3. The quantitative estimate of drug-likeness (QED) is 0.237. The normalized spacial score (nSPS) is 16.2. The van der Waals surface area contributed by atoms with Gasteiger partial charge in [0.15, 0.2) is 0 Å². The molecule has 43 heavy (non-hydrogen) atoms. The molecule has 1 fully saturated rings. The van der Waals surface area contributed by atoms with Crippen LogP contribution < -0.4 is 10.6 Å². The lowest BCUT2D eigenvalue weighted by molar-refractivity contribution is -0.137. The van der Waals surface area contributed by atoms with Gasteiger partial charge in [0.2, 0.25) is 0 Å². The van der Waals surface area contributed by atoms with Crippen molar-refractivity contribution in [3.63, 3.8) is 0 Å². The van der Waals surface area contributed by atoms with Gasteiger partial charge in [-0.3, -0.25) is 9.69 Å². The van der Waals surface area contributed by atoms with Crippen LogP contribution in [0.3, 0.4) is 0 Å². The highest BCUT2D eigenvalue weighted by Crippen LogP contribution is 2.31. The number of hydrogen-bond acceptors (Lipinski definition) is 3. The van der Waals surface area contributed by atoms with Crippen LogP contribution in [0.5, 0.6) is 0 Å². The second kappa shape index (κ2) is 11.7. The molecule has 3 amide bonds. The van der Waals surface area contributed by atoms with E-state index in [0.29, 0.717) is 50.3 Å². The number of urea groups is 1. The molecule has 2 aliphatic heterocycles. The summed E-state index contributed by atoms with van der Waals surface area (Å²) in [7, 11) is 0. The number of halogens is 4. The standard InChI is InChI=1S/C32H31F4N5O2/c33-23-2-1-3-25(17-23)38-31(43)41-14-10-24(11-15-41)37-30(42)21-6-9-28-26(16-21)27-19-40(13-12-29(27)39-28)18-20-4-7-22(8-5-20)32(34,35)36/h1-9,16-17,24,39H,10-15,18-19H2,(H,37,42)(H,38,43). The number of nitrogens with zero attached hydrogens (tertiary/aromatic N) is 2. The molecule has 7 nitrogen and oxygen atoms in total. The molecule has 11 heteroatoms. The van der Waals surface area contributed by atoms with Crippen LogP contribution in [0.2, 0.25) is 0 Å². The summed E-state index contributed by atoms with van der Waals surface area (Å²) in [5.74, 6) is -0.607. The summed E-state index contributed by atoms with van der Waals surface area (Å²) in [4.78, 5) is 33.1. The molecule has 3 heterocycles. The maximum atomic E-state index is 13.4. The van der Waals surface area contributed by atoms with Crippen molar-refractivity contribution in [2.45, 2.75) is 44.6 Å². The van der Waals surface area contributed by atoms with Crippen molar-refractivity contribution in [1.82, 2.24) is 20.1 Å². The molecule has 0 radical (unpaired) electrons. The van der Waals surface area contributed by atoms with E-state index in [2.05, 4.69) is 20.5 Å². The minimum absolute atomic E-state index is 0.0826. The first-order valence-electron chi connectivity index (χ1n) is 14.3. The number of carbonyl (C=O) groups excluding carboxylic acids is 2. The Labute approximate surface area is 245 Å². The van der Waals surface area contributed by atoms with E-state index in [1.807, 2.05) is 12.1 Å².